The first-order valence-corrected chi connectivity index (χ1v) is 8.58. The van der Waals surface area contributed by atoms with Gasteiger partial charge in [0.25, 0.3) is 0 Å². The highest BCUT2D eigenvalue weighted by molar-refractivity contribution is 6.30. The molecule has 0 spiro atoms. The molecule has 1 aromatic carbocycles. The average molecular weight is 339 g/mol. The molecule has 0 radical (unpaired) electrons. The van der Waals surface area contributed by atoms with Gasteiger partial charge in [-0.1, -0.05) is 41.4 Å². The minimum Gasteiger partial charge on any atom is -0.347 e. The molecule has 0 fully saturated rings. The number of aryl methyl sites for hydroxylation is 1. The molecule has 24 heavy (non-hydrogen) atoms. The van der Waals surface area contributed by atoms with E-state index in [1.165, 1.54) is 11.1 Å². The molecule has 4 rings (SSSR count). The molecule has 122 valence electrons. The van der Waals surface area contributed by atoms with Gasteiger partial charge in [0.2, 0.25) is 0 Å². The van der Waals surface area contributed by atoms with Gasteiger partial charge in [0, 0.05) is 12.1 Å². The van der Waals surface area contributed by atoms with Crippen LogP contribution in [0.15, 0.2) is 58.7 Å². The first kappa shape index (κ1) is 15.2. The molecule has 1 aromatic heterocycles. The Balaban J connectivity index is 1.71. The van der Waals surface area contributed by atoms with Gasteiger partial charge in [-0.3, -0.25) is 4.99 Å². The minimum absolute atomic E-state index is 0.704. The molecule has 2 aliphatic heterocycles. The third-order valence-corrected chi connectivity index (χ3v) is 4.96. The number of nitrogens with zero attached hydrogens (tertiary/aromatic N) is 3. The second-order valence-corrected chi connectivity index (χ2v) is 6.45. The molecular formula is C19H19ClN4. The fraction of sp³-hybridized carbons (Fsp3) is 0.263. The third-order valence-electron chi connectivity index (χ3n) is 4.57. The molecule has 0 saturated carbocycles. The van der Waals surface area contributed by atoms with E-state index in [1.807, 2.05) is 48.1 Å². The second kappa shape index (κ2) is 6.29. The van der Waals surface area contributed by atoms with Crippen LogP contribution in [0.3, 0.4) is 0 Å². The molecule has 3 heterocycles. The van der Waals surface area contributed by atoms with E-state index in [1.54, 1.807) is 0 Å². The topological polar surface area (TPSA) is 42.2 Å². The number of nitrogens with one attached hydrogen (secondary N) is 1. The fourth-order valence-electron chi connectivity index (χ4n) is 3.29. The predicted molar refractivity (Wildman–Crippen MR) is 97.9 cm³/mol. The Morgan fingerprint density at radius 2 is 2.08 bits per heavy atom. The highest BCUT2D eigenvalue weighted by Gasteiger charge is 2.22. The number of rotatable bonds is 3. The van der Waals surface area contributed by atoms with Crippen LogP contribution < -0.4 is 5.32 Å². The quantitative estimate of drug-likeness (QED) is 0.919. The number of aliphatic imine (C=N–C) groups is 1. The van der Waals surface area contributed by atoms with E-state index in [0.29, 0.717) is 5.15 Å². The van der Waals surface area contributed by atoms with Crippen molar-refractivity contribution in [2.45, 2.75) is 26.2 Å². The average Bonchev–Trinajstić information content (AvgIpc) is 2.91. The van der Waals surface area contributed by atoms with Gasteiger partial charge in [0.05, 0.1) is 11.4 Å². The molecule has 2 aliphatic rings. The highest BCUT2D eigenvalue weighted by atomic mass is 35.5. The van der Waals surface area contributed by atoms with Crippen molar-refractivity contribution < 1.29 is 0 Å². The van der Waals surface area contributed by atoms with Crippen LogP contribution in [0.4, 0.5) is 0 Å². The smallest absolute Gasteiger partial charge is 0.136 e. The summed E-state index contributed by atoms with van der Waals surface area (Å²) in [5, 5.41) is 8.61. The lowest BCUT2D eigenvalue weighted by Gasteiger charge is -2.23. The molecule has 0 atom stereocenters. The van der Waals surface area contributed by atoms with Crippen molar-refractivity contribution in [3.8, 4) is 5.69 Å². The number of allylic oxidation sites excluding steroid dienone is 1. The number of para-hydroxylation sites is 1. The van der Waals surface area contributed by atoms with Crippen molar-refractivity contribution >= 4 is 17.4 Å². The molecule has 0 bridgehead atoms. The second-order valence-electron chi connectivity index (χ2n) is 6.09. The van der Waals surface area contributed by atoms with Gasteiger partial charge in [-0.25, -0.2) is 4.68 Å². The lowest BCUT2D eigenvalue weighted by atomic mass is 9.92. The summed E-state index contributed by atoms with van der Waals surface area (Å²) in [6.07, 6.45) is 6.87. The van der Waals surface area contributed by atoms with Crippen LogP contribution in [0, 0.1) is 6.92 Å². The number of halogens is 1. The van der Waals surface area contributed by atoms with Crippen molar-refractivity contribution in [1.29, 1.82) is 0 Å². The Labute approximate surface area is 146 Å². The van der Waals surface area contributed by atoms with Crippen molar-refractivity contribution in [3.63, 3.8) is 0 Å². The van der Waals surface area contributed by atoms with Gasteiger partial charge in [0.1, 0.15) is 11.0 Å². The van der Waals surface area contributed by atoms with Crippen LogP contribution in [0.2, 0.25) is 5.15 Å². The van der Waals surface area contributed by atoms with Gasteiger partial charge in [0.15, 0.2) is 0 Å². The third kappa shape index (κ3) is 2.67. The number of aromatic nitrogens is 2. The van der Waals surface area contributed by atoms with E-state index < -0.39 is 0 Å². The molecule has 2 aromatic rings. The van der Waals surface area contributed by atoms with Gasteiger partial charge < -0.3 is 5.32 Å². The van der Waals surface area contributed by atoms with Crippen LogP contribution in [-0.4, -0.2) is 22.2 Å². The lowest BCUT2D eigenvalue weighted by molar-refractivity contribution is 0.847. The van der Waals surface area contributed by atoms with Crippen molar-refractivity contribution in [1.82, 2.24) is 15.1 Å². The van der Waals surface area contributed by atoms with Gasteiger partial charge in [-0.2, -0.15) is 5.10 Å². The summed E-state index contributed by atoms with van der Waals surface area (Å²) in [4.78, 5) is 4.58. The minimum atomic E-state index is 0.704. The van der Waals surface area contributed by atoms with Crippen LogP contribution in [0.5, 0.6) is 0 Å². The molecule has 4 nitrogen and oxygen atoms in total. The molecule has 1 N–H and O–H groups in total. The Hall–Kier alpha value is -2.33. The molecule has 0 amide bonds. The Morgan fingerprint density at radius 1 is 1.25 bits per heavy atom. The zero-order chi connectivity index (χ0) is 16.5. The molecular weight excluding hydrogens is 320 g/mol. The largest absolute Gasteiger partial charge is 0.347 e. The number of dihydropyridines is 1. The number of benzene rings is 1. The van der Waals surface area contributed by atoms with Gasteiger partial charge >= 0.3 is 0 Å². The Kier molecular flexibility index (Phi) is 3.98. The SMILES string of the molecule is Cc1nn(-c2ccccc2)c(Cl)c1CC1=C2CC=CNC2=NCC1. The highest BCUT2D eigenvalue weighted by Crippen LogP contribution is 2.30. The monoisotopic (exact) mass is 338 g/mol. The lowest BCUT2D eigenvalue weighted by Crippen LogP contribution is -2.27. The van der Waals surface area contributed by atoms with Crippen LogP contribution in [-0.2, 0) is 6.42 Å². The first-order chi connectivity index (χ1) is 11.7. The number of hydrogen-bond donors (Lipinski definition) is 1. The maximum atomic E-state index is 6.68. The van der Waals surface area contributed by atoms with E-state index in [2.05, 4.69) is 21.5 Å². The normalized spacial score (nSPS) is 16.7. The van der Waals surface area contributed by atoms with E-state index in [4.69, 9.17) is 11.6 Å². The Morgan fingerprint density at radius 3 is 2.92 bits per heavy atom. The summed E-state index contributed by atoms with van der Waals surface area (Å²) in [5.41, 5.74) is 5.81. The van der Waals surface area contributed by atoms with Crippen molar-refractivity contribution in [2.75, 3.05) is 6.54 Å². The van der Waals surface area contributed by atoms with Crippen LogP contribution in [0.1, 0.15) is 24.1 Å². The number of amidine groups is 1. The molecule has 0 saturated heterocycles. The summed E-state index contributed by atoms with van der Waals surface area (Å²) < 4.78 is 1.83. The van der Waals surface area contributed by atoms with Gasteiger partial charge in [-0.05, 0) is 50.1 Å². The molecule has 5 heteroatoms. The molecule has 0 unspecified atom stereocenters. The summed E-state index contributed by atoms with van der Waals surface area (Å²) in [5.74, 6) is 1.02. The fourth-order valence-corrected chi connectivity index (χ4v) is 3.62. The van der Waals surface area contributed by atoms with E-state index >= 15 is 0 Å². The maximum absolute atomic E-state index is 6.68. The van der Waals surface area contributed by atoms with Crippen molar-refractivity contribution in [2.24, 2.45) is 4.99 Å². The molecule has 0 aliphatic carbocycles. The van der Waals surface area contributed by atoms with Crippen LogP contribution >= 0.6 is 11.6 Å². The van der Waals surface area contributed by atoms with Crippen molar-refractivity contribution in [3.05, 3.63) is 70.2 Å². The predicted octanol–water partition coefficient (Wildman–Crippen LogP) is 3.98. The zero-order valence-corrected chi connectivity index (χ0v) is 14.3. The summed E-state index contributed by atoms with van der Waals surface area (Å²) in [6.45, 7) is 2.86. The van der Waals surface area contributed by atoms with E-state index in [9.17, 15) is 0 Å². The first-order valence-electron chi connectivity index (χ1n) is 8.20. The number of hydrogen-bond acceptors (Lipinski definition) is 3. The standard InChI is InChI=1S/C19H19ClN4/c1-13-17(18(20)24(23-13)15-6-3-2-4-7-15)12-14-9-11-22-19-16(14)8-5-10-21-19/h2-7,10H,8-9,11-12H2,1H3,(H,21,22). The van der Waals surface area contributed by atoms with E-state index in [-0.39, 0.29) is 0 Å². The van der Waals surface area contributed by atoms with Crippen LogP contribution in [0.25, 0.3) is 5.69 Å². The number of fused-ring (bicyclic) bond motifs is 1. The zero-order valence-electron chi connectivity index (χ0n) is 13.6. The maximum Gasteiger partial charge on any atom is 0.136 e. The van der Waals surface area contributed by atoms with E-state index in [0.717, 1.165) is 48.6 Å². The summed E-state index contributed by atoms with van der Waals surface area (Å²) >= 11 is 6.68. The van der Waals surface area contributed by atoms with Gasteiger partial charge in [-0.15, -0.1) is 0 Å². The summed E-state index contributed by atoms with van der Waals surface area (Å²) in [7, 11) is 0. The Bertz CT molecular complexity index is 859. The summed E-state index contributed by atoms with van der Waals surface area (Å²) in [6, 6.07) is 10.0.